The largest absolute Gasteiger partial charge is 0.419 e. The van der Waals surface area contributed by atoms with Gasteiger partial charge in [-0.3, -0.25) is 4.57 Å². The zero-order valence-electron chi connectivity index (χ0n) is 9.40. The Labute approximate surface area is 93.7 Å². The Balaban J connectivity index is 2.52. The van der Waals surface area contributed by atoms with E-state index >= 15 is 0 Å². The standard InChI is InChI=1S/C12H16N2O2/c1-2-7-14-10-4-3-9(5-6-13)8-11(10)16-12(14)15/h3-4,8H,2,5-7,13H2,1H3. The summed E-state index contributed by atoms with van der Waals surface area (Å²) in [4.78, 5) is 11.6. The summed E-state index contributed by atoms with van der Waals surface area (Å²) >= 11 is 0. The number of oxazole rings is 1. The first-order chi connectivity index (χ1) is 7.76. The van der Waals surface area contributed by atoms with Gasteiger partial charge in [0.1, 0.15) is 0 Å². The third-order valence-corrected chi connectivity index (χ3v) is 2.61. The number of nitrogens with two attached hydrogens (primary N) is 1. The van der Waals surface area contributed by atoms with Gasteiger partial charge in [-0.15, -0.1) is 0 Å². The van der Waals surface area contributed by atoms with Gasteiger partial charge in [-0.1, -0.05) is 13.0 Å². The maximum absolute atomic E-state index is 11.6. The van der Waals surface area contributed by atoms with Crippen LogP contribution in [0.3, 0.4) is 0 Å². The second-order valence-electron chi connectivity index (χ2n) is 3.86. The Morgan fingerprint density at radius 1 is 1.44 bits per heavy atom. The molecule has 1 aromatic heterocycles. The predicted octanol–water partition coefficient (Wildman–Crippen LogP) is 1.51. The van der Waals surface area contributed by atoms with Gasteiger partial charge in [0.15, 0.2) is 5.58 Å². The second kappa shape index (κ2) is 4.53. The van der Waals surface area contributed by atoms with Crippen molar-refractivity contribution in [1.29, 1.82) is 0 Å². The van der Waals surface area contributed by atoms with Crippen molar-refractivity contribution >= 4 is 11.1 Å². The molecule has 0 spiro atoms. The lowest BCUT2D eigenvalue weighted by molar-refractivity contribution is 0.502. The maximum atomic E-state index is 11.6. The summed E-state index contributed by atoms with van der Waals surface area (Å²) in [5.74, 6) is -0.276. The highest BCUT2D eigenvalue weighted by atomic mass is 16.4. The molecular formula is C12H16N2O2. The number of aryl methyl sites for hydroxylation is 1. The second-order valence-corrected chi connectivity index (χ2v) is 3.86. The van der Waals surface area contributed by atoms with Crippen LogP contribution in [0.4, 0.5) is 0 Å². The van der Waals surface area contributed by atoms with Gasteiger partial charge in [0, 0.05) is 6.54 Å². The number of hydrogen-bond acceptors (Lipinski definition) is 3. The van der Waals surface area contributed by atoms with Crippen molar-refractivity contribution in [2.75, 3.05) is 6.54 Å². The molecule has 0 aliphatic carbocycles. The molecule has 1 aromatic carbocycles. The highest BCUT2D eigenvalue weighted by Gasteiger charge is 2.08. The average Bonchev–Trinajstić information content (AvgIpc) is 2.56. The first kappa shape index (κ1) is 11.0. The Morgan fingerprint density at radius 2 is 2.25 bits per heavy atom. The normalized spacial score (nSPS) is 11.1. The summed E-state index contributed by atoms with van der Waals surface area (Å²) in [6, 6.07) is 5.83. The van der Waals surface area contributed by atoms with Crippen molar-refractivity contribution in [2.45, 2.75) is 26.3 Å². The number of nitrogens with zero attached hydrogens (tertiary/aromatic N) is 1. The average molecular weight is 220 g/mol. The number of rotatable bonds is 4. The van der Waals surface area contributed by atoms with E-state index in [-0.39, 0.29) is 5.76 Å². The summed E-state index contributed by atoms with van der Waals surface area (Å²) in [6.45, 7) is 3.33. The van der Waals surface area contributed by atoms with Gasteiger partial charge in [0.05, 0.1) is 5.52 Å². The SMILES string of the molecule is CCCn1c(=O)oc2cc(CCN)ccc21. The third-order valence-electron chi connectivity index (χ3n) is 2.61. The van der Waals surface area contributed by atoms with Crippen LogP contribution in [-0.2, 0) is 13.0 Å². The van der Waals surface area contributed by atoms with Gasteiger partial charge >= 0.3 is 5.76 Å². The van der Waals surface area contributed by atoms with Crippen LogP contribution in [0.2, 0.25) is 0 Å². The molecule has 0 bridgehead atoms. The zero-order valence-corrected chi connectivity index (χ0v) is 9.40. The van der Waals surface area contributed by atoms with Crippen molar-refractivity contribution in [3.05, 3.63) is 34.3 Å². The quantitative estimate of drug-likeness (QED) is 0.849. The summed E-state index contributed by atoms with van der Waals surface area (Å²) < 4.78 is 6.87. The van der Waals surface area contributed by atoms with Crippen LogP contribution >= 0.6 is 0 Å². The molecule has 0 atom stereocenters. The van der Waals surface area contributed by atoms with Crippen molar-refractivity contribution in [3.63, 3.8) is 0 Å². The molecule has 2 aromatic rings. The predicted molar refractivity (Wildman–Crippen MR) is 63.5 cm³/mol. The van der Waals surface area contributed by atoms with E-state index in [2.05, 4.69) is 0 Å². The minimum absolute atomic E-state index is 0.276. The summed E-state index contributed by atoms with van der Waals surface area (Å²) in [5, 5.41) is 0. The minimum Gasteiger partial charge on any atom is -0.408 e. The molecule has 0 aliphatic heterocycles. The zero-order chi connectivity index (χ0) is 11.5. The van der Waals surface area contributed by atoms with Crippen LogP contribution in [0.1, 0.15) is 18.9 Å². The Hall–Kier alpha value is -1.55. The molecule has 0 fully saturated rings. The highest BCUT2D eigenvalue weighted by molar-refractivity contribution is 5.73. The van der Waals surface area contributed by atoms with Gasteiger partial charge in [0.25, 0.3) is 0 Å². The molecule has 4 heteroatoms. The van der Waals surface area contributed by atoms with Gasteiger partial charge < -0.3 is 10.2 Å². The van der Waals surface area contributed by atoms with Crippen molar-refractivity contribution < 1.29 is 4.42 Å². The van der Waals surface area contributed by atoms with E-state index in [9.17, 15) is 4.79 Å². The Kier molecular flexibility index (Phi) is 3.10. The molecule has 0 amide bonds. The Bertz CT molecular complexity index is 539. The van der Waals surface area contributed by atoms with E-state index < -0.39 is 0 Å². The monoisotopic (exact) mass is 220 g/mol. The third kappa shape index (κ3) is 1.88. The first-order valence-electron chi connectivity index (χ1n) is 5.58. The van der Waals surface area contributed by atoms with E-state index in [4.69, 9.17) is 10.2 Å². The van der Waals surface area contributed by atoms with Crippen LogP contribution in [0.5, 0.6) is 0 Å². The molecule has 0 saturated heterocycles. The van der Waals surface area contributed by atoms with E-state index in [1.807, 2.05) is 25.1 Å². The number of benzene rings is 1. The molecule has 1 heterocycles. The highest BCUT2D eigenvalue weighted by Crippen LogP contribution is 2.15. The molecule has 0 unspecified atom stereocenters. The van der Waals surface area contributed by atoms with Crippen molar-refractivity contribution in [1.82, 2.24) is 4.57 Å². The first-order valence-corrected chi connectivity index (χ1v) is 5.58. The van der Waals surface area contributed by atoms with Gasteiger partial charge in [-0.05, 0) is 37.1 Å². The number of hydrogen-bond donors (Lipinski definition) is 1. The summed E-state index contributed by atoms with van der Waals surface area (Å²) in [5.41, 5.74) is 8.12. The maximum Gasteiger partial charge on any atom is 0.419 e. The lowest BCUT2D eigenvalue weighted by atomic mass is 10.1. The van der Waals surface area contributed by atoms with E-state index in [0.29, 0.717) is 18.7 Å². The van der Waals surface area contributed by atoms with Crippen LogP contribution in [0.25, 0.3) is 11.1 Å². The molecule has 86 valence electrons. The lowest BCUT2D eigenvalue weighted by Crippen LogP contribution is -2.13. The smallest absolute Gasteiger partial charge is 0.408 e. The van der Waals surface area contributed by atoms with Gasteiger partial charge in [0.2, 0.25) is 0 Å². The van der Waals surface area contributed by atoms with E-state index in [0.717, 1.165) is 23.9 Å². The van der Waals surface area contributed by atoms with Crippen LogP contribution in [-0.4, -0.2) is 11.1 Å². The lowest BCUT2D eigenvalue weighted by Gasteiger charge is -2.00. The fraction of sp³-hybridized carbons (Fsp3) is 0.417. The molecule has 2 N–H and O–H groups in total. The fourth-order valence-corrected chi connectivity index (χ4v) is 1.87. The number of aromatic nitrogens is 1. The van der Waals surface area contributed by atoms with Gasteiger partial charge in [-0.2, -0.15) is 0 Å². The van der Waals surface area contributed by atoms with Crippen molar-refractivity contribution in [3.8, 4) is 0 Å². The molecule has 0 aliphatic rings. The fourth-order valence-electron chi connectivity index (χ4n) is 1.87. The van der Waals surface area contributed by atoms with Crippen LogP contribution in [0.15, 0.2) is 27.4 Å². The van der Waals surface area contributed by atoms with Crippen LogP contribution < -0.4 is 11.5 Å². The molecule has 2 rings (SSSR count). The topological polar surface area (TPSA) is 61.2 Å². The summed E-state index contributed by atoms with van der Waals surface area (Å²) in [6.07, 6.45) is 1.72. The molecule has 0 radical (unpaired) electrons. The number of fused-ring (bicyclic) bond motifs is 1. The summed E-state index contributed by atoms with van der Waals surface area (Å²) in [7, 11) is 0. The van der Waals surface area contributed by atoms with E-state index in [1.54, 1.807) is 4.57 Å². The molecular weight excluding hydrogens is 204 g/mol. The molecule has 16 heavy (non-hydrogen) atoms. The van der Waals surface area contributed by atoms with Gasteiger partial charge in [-0.25, -0.2) is 4.79 Å². The molecule has 0 saturated carbocycles. The Morgan fingerprint density at radius 3 is 2.94 bits per heavy atom. The minimum atomic E-state index is -0.276. The van der Waals surface area contributed by atoms with Crippen LogP contribution in [0, 0.1) is 0 Å². The molecule has 4 nitrogen and oxygen atoms in total. The van der Waals surface area contributed by atoms with E-state index in [1.165, 1.54) is 0 Å². The van der Waals surface area contributed by atoms with Crippen molar-refractivity contribution in [2.24, 2.45) is 5.73 Å².